The summed E-state index contributed by atoms with van der Waals surface area (Å²) in [6.07, 6.45) is 1.73. The van der Waals surface area contributed by atoms with Gasteiger partial charge in [0.05, 0.1) is 18.3 Å². The lowest BCUT2D eigenvalue weighted by Crippen LogP contribution is -2.22. The highest BCUT2D eigenvalue weighted by molar-refractivity contribution is 5.09. The smallest absolute Gasteiger partial charge is 0.211 e. The van der Waals surface area contributed by atoms with Gasteiger partial charge in [0.25, 0.3) is 0 Å². The van der Waals surface area contributed by atoms with Crippen LogP contribution in [0.2, 0.25) is 0 Å². The van der Waals surface area contributed by atoms with Crippen molar-refractivity contribution in [3.8, 4) is 0 Å². The molecule has 2 heterocycles. The maximum absolute atomic E-state index is 5.57. The minimum atomic E-state index is 0.0594. The van der Waals surface area contributed by atoms with E-state index in [1.807, 2.05) is 32.9 Å². The Morgan fingerprint density at radius 3 is 2.35 bits per heavy atom. The van der Waals surface area contributed by atoms with Crippen LogP contribution >= 0.6 is 0 Å². The summed E-state index contributed by atoms with van der Waals surface area (Å²) in [5, 5.41) is 3.39. The molecule has 2 aromatic heterocycles. The molecule has 2 unspecified atom stereocenters. The van der Waals surface area contributed by atoms with E-state index < -0.39 is 0 Å². The summed E-state index contributed by atoms with van der Waals surface area (Å²) in [5.41, 5.74) is 0. The van der Waals surface area contributed by atoms with E-state index in [1.54, 1.807) is 6.20 Å². The highest BCUT2D eigenvalue weighted by atomic mass is 16.4. The monoisotopic (exact) mass is 234 g/mol. The molecule has 2 atom stereocenters. The fourth-order valence-corrected chi connectivity index (χ4v) is 1.79. The molecule has 0 saturated heterocycles. The Hall–Kier alpha value is -1.55. The predicted molar refractivity (Wildman–Crippen MR) is 64.7 cm³/mol. The van der Waals surface area contributed by atoms with Gasteiger partial charge in [-0.3, -0.25) is 5.32 Å². The number of aryl methyl sites for hydroxylation is 2. The van der Waals surface area contributed by atoms with E-state index in [1.165, 1.54) is 0 Å². The van der Waals surface area contributed by atoms with Gasteiger partial charge in [0.15, 0.2) is 0 Å². The molecular formula is C13H18N2O2. The second-order valence-electron chi connectivity index (χ2n) is 4.37. The van der Waals surface area contributed by atoms with Gasteiger partial charge in [-0.1, -0.05) is 0 Å². The van der Waals surface area contributed by atoms with Gasteiger partial charge in [0, 0.05) is 0 Å². The van der Waals surface area contributed by atoms with Gasteiger partial charge in [-0.25, -0.2) is 4.98 Å². The highest BCUT2D eigenvalue weighted by Crippen LogP contribution is 2.20. The van der Waals surface area contributed by atoms with Crippen LogP contribution < -0.4 is 5.32 Å². The summed E-state index contributed by atoms with van der Waals surface area (Å²) in [6.45, 7) is 7.92. The van der Waals surface area contributed by atoms with Crippen LogP contribution in [-0.2, 0) is 0 Å². The molecule has 0 fully saturated rings. The Balaban J connectivity index is 2.01. The van der Waals surface area contributed by atoms with Crippen molar-refractivity contribution in [3.05, 3.63) is 41.5 Å². The van der Waals surface area contributed by atoms with Crippen LogP contribution in [0.15, 0.2) is 27.2 Å². The summed E-state index contributed by atoms with van der Waals surface area (Å²) in [5.74, 6) is 3.39. The Bertz CT molecular complexity index is 443. The number of nitrogens with zero attached hydrogens (tertiary/aromatic N) is 1. The van der Waals surface area contributed by atoms with Crippen molar-refractivity contribution >= 4 is 0 Å². The van der Waals surface area contributed by atoms with E-state index in [2.05, 4.69) is 17.2 Å². The van der Waals surface area contributed by atoms with Gasteiger partial charge < -0.3 is 8.83 Å². The topological polar surface area (TPSA) is 51.2 Å². The summed E-state index contributed by atoms with van der Waals surface area (Å²) >= 11 is 0. The van der Waals surface area contributed by atoms with E-state index in [9.17, 15) is 0 Å². The number of hydrogen-bond acceptors (Lipinski definition) is 4. The SMILES string of the molecule is Cc1ccc(C(C)NC(C)c2ncc(C)o2)o1. The van der Waals surface area contributed by atoms with E-state index in [0.717, 1.165) is 17.3 Å². The lowest BCUT2D eigenvalue weighted by Gasteiger charge is -2.15. The lowest BCUT2D eigenvalue weighted by atomic mass is 10.2. The minimum Gasteiger partial charge on any atom is -0.465 e. The van der Waals surface area contributed by atoms with Gasteiger partial charge in [-0.05, 0) is 39.8 Å². The molecule has 4 nitrogen and oxygen atoms in total. The summed E-state index contributed by atoms with van der Waals surface area (Å²) in [7, 11) is 0. The molecule has 0 amide bonds. The first-order chi connectivity index (χ1) is 8.06. The van der Waals surface area contributed by atoms with Crippen molar-refractivity contribution in [2.75, 3.05) is 0 Å². The molecule has 1 N–H and O–H groups in total. The van der Waals surface area contributed by atoms with Gasteiger partial charge in [-0.2, -0.15) is 0 Å². The van der Waals surface area contributed by atoms with E-state index >= 15 is 0 Å². The third-order valence-electron chi connectivity index (χ3n) is 2.70. The number of aromatic nitrogens is 1. The first kappa shape index (κ1) is 11.9. The fourth-order valence-electron chi connectivity index (χ4n) is 1.79. The van der Waals surface area contributed by atoms with E-state index in [-0.39, 0.29) is 12.1 Å². The fraction of sp³-hybridized carbons (Fsp3) is 0.462. The van der Waals surface area contributed by atoms with Crippen molar-refractivity contribution in [3.63, 3.8) is 0 Å². The predicted octanol–water partition coefficient (Wildman–Crippen LogP) is 3.30. The van der Waals surface area contributed by atoms with Gasteiger partial charge in [0.2, 0.25) is 5.89 Å². The van der Waals surface area contributed by atoms with E-state index in [0.29, 0.717) is 5.89 Å². The lowest BCUT2D eigenvalue weighted by molar-refractivity contribution is 0.349. The largest absolute Gasteiger partial charge is 0.465 e. The zero-order valence-corrected chi connectivity index (χ0v) is 10.7. The Labute approximate surface area is 101 Å². The zero-order valence-electron chi connectivity index (χ0n) is 10.7. The minimum absolute atomic E-state index is 0.0594. The van der Waals surface area contributed by atoms with Crippen molar-refractivity contribution in [2.45, 2.75) is 39.8 Å². The van der Waals surface area contributed by atoms with Crippen LogP contribution in [0.1, 0.15) is 49.1 Å². The number of furan rings is 1. The maximum Gasteiger partial charge on any atom is 0.211 e. The molecular weight excluding hydrogens is 216 g/mol. The number of nitrogens with one attached hydrogen (secondary N) is 1. The summed E-state index contributed by atoms with van der Waals surface area (Å²) in [4.78, 5) is 4.21. The third kappa shape index (κ3) is 2.77. The van der Waals surface area contributed by atoms with Crippen LogP contribution in [0.4, 0.5) is 0 Å². The highest BCUT2D eigenvalue weighted by Gasteiger charge is 2.16. The molecule has 0 spiro atoms. The normalized spacial score (nSPS) is 14.8. The molecule has 4 heteroatoms. The molecule has 0 saturated carbocycles. The first-order valence-corrected chi connectivity index (χ1v) is 5.81. The molecule has 2 rings (SSSR count). The van der Waals surface area contributed by atoms with Crippen molar-refractivity contribution < 1.29 is 8.83 Å². The van der Waals surface area contributed by atoms with Crippen molar-refractivity contribution in [1.82, 2.24) is 10.3 Å². The Kier molecular flexibility index (Phi) is 3.33. The Morgan fingerprint density at radius 1 is 1.06 bits per heavy atom. The number of hydrogen-bond donors (Lipinski definition) is 1. The molecule has 0 aliphatic heterocycles. The molecule has 92 valence electrons. The standard InChI is InChI=1S/C13H18N2O2/c1-8-5-6-12(16-8)10(3)15-11(4)13-14-7-9(2)17-13/h5-7,10-11,15H,1-4H3. The van der Waals surface area contributed by atoms with E-state index in [4.69, 9.17) is 8.83 Å². The molecule has 0 aliphatic rings. The Morgan fingerprint density at radius 2 is 1.82 bits per heavy atom. The molecule has 2 aromatic rings. The molecule has 0 aromatic carbocycles. The number of rotatable bonds is 4. The van der Waals surface area contributed by atoms with Crippen LogP contribution in [-0.4, -0.2) is 4.98 Å². The van der Waals surface area contributed by atoms with Crippen LogP contribution in [0.25, 0.3) is 0 Å². The second kappa shape index (κ2) is 4.75. The van der Waals surface area contributed by atoms with Gasteiger partial charge in [-0.15, -0.1) is 0 Å². The molecule has 0 aliphatic carbocycles. The van der Waals surface area contributed by atoms with Gasteiger partial charge >= 0.3 is 0 Å². The summed E-state index contributed by atoms with van der Waals surface area (Å²) < 4.78 is 11.1. The average molecular weight is 234 g/mol. The average Bonchev–Trinajstić information content (AvgIpc) is 2.87. The number of oxazole rings is 1. The van der Waals surface area contributed by atoms with Crippen molar-refractivity contribution in [1.29, 1.82) is 0 Å². The molecule has 0 radical (unpaired) electrons. The second-order valence-corrected chi connectivity index (χ2v) is 4.37. The molecule has 0 bridgehead atoms. The van der Waals surface area contributed by atoms with Crippen molar-refractivity contribution in [2.24, 2.45) is 0 Å². The quantitative estimate of drug-likeness (QED) is 0.881. The van der Waals surface area contributed by atoms with Crippen LogP contribution in [0.3, 0.4) is 0 Å². The summed E-state index contributed by atoms with van der Waals surface area (Å²) in [6, 6.07) is 4.14. The van der Waals surface area contributed by atoms with Crippen LogP contribution in [0.5, 0.6) is 0 Å². The maximum atomic E-state index is 5.57. The third-order valence-corrected chi connectivity index (χ3v) is 2.70. The van der Waals surface area contributed by atoms with Gasteiger partial charge in [0.1, 0.15) is 17.3 Å². The zero-order chi connectivity index (χ0) is 12.4. The molecule has 17 heavy (non-hydrogen) atoms. The first-order valence-electron chi connectivity index (χ1n) is 5.81. The van der Waals surface area contributed by atoms with Crippen LogP contribution in [0, 0.1) is 13.8 Å².